The van der Waals surface area contributed by atoms with Crippen LogP contribution < -0.4 is 5.56 Å². The van der Waals surface area contributed by atoms with Crippen LogP contribution in [0.4, 0.5) is 0 Å². The summed E-state index contributed by atoms with van der Waals surface area (Å²) < 4.78 is 5.47. The predicted octanol–water partition coefficient (Wildman–Crippen LogP) is 0.800. The Kier molecular flexibility index (Phi) is 2.63. The second-order valence-corrected chi connectivity index (χ2v) is 3.67. The van der Waals surface area contributed by atoms with Gasteiger partial charge in [0.2, 0.25) is 0 Å². The van der Waals surface area contributed by atoms with Crippen molar-refractivity contribution in [2.45, 2.75) is 32.3 Å². The van der Waals surface area contributed by atoms with Gasteiger partial charge in [-0.3, -0.25) is 4.79 Å². The van der Waals surface area contributed by atoms with Crippen molar-refractivity contribution in [3.63, 3.8) is 0 Å². The minimum absolute atomic E-state index is 0.0782. The van der Waals surface area contributed by atoms with Gasteiger partial charge in [-0.1, -0.05) is 0 Å². The summed E-state index contributed by atoms with van der Waals surface area (Å²) in [5, 5.41) is 0. The fourth-order valence-electron chi connectivity index (χ4n) is 1.76. The van der Waals surface area contributed by atoms with Gasteiger partial charge in [0.05, 0.1) is 6.10 Å². The van der Waals surface area contributed by atoms with Crippen LogP contribution in [-0.2, 0) is 11.2 Å². The highest BCUT2D eigenvalue weighted by Crippen LogP contribution is 2.14. The van der Waals surface area contributed by atoms with E-state index in [1.165, 1.54) is 6.07 Å². The summed E-state index contributed by atoms with van der Waals surface area (Å²) in [7, 11) is 0. The molecule has 14 heavy (non-hydrogen) atoms. The van der Waals surface area contributed by atoms with Crippen molar-refractivity contribution in [1.82, 2.24) is 9.97 Å². The highest BCUT2D eigenvalue weighted by atomic mass is 16.5. The number of hydrogen-bond acceptors (Lipinski definition) is 3. The molecule has 1 unspecified atom stereocenters. The molecule has 0 bridgehead atoms. The summed E-state index contributed by atoms with van der Waals surface area (Å²) in [5.74, 6) is 0.738. The topological polar surface area (TPSA) is 55.0 Å². The van der Waals surface area contributed by atoms with Gasteiger partial charge in [0, 0.05) is 24.8 Å². The summed E-state index contributed by atoms with van der Waals surface area (Å²) >= 11 is 0. The SMILES string of the molecule is Cc1cc(=O)[nH]c(CC2CCCO2)n1. The zero-order valence-electron chi connectivity index (χ0n) is 8.25. The number of H-pyrrole nitrogens is 1. The smallest absolute Gasteiger partial charge is 0.251 e. The van der Waals surface area contributed by atoms with Crippen LogP contribution in [0.25, 0.3) is 0 Å². The lowest BCUT2D eigenvalue weighted by molar-refractivity contribution is 0.110. The minimum Gasteiger partial charge on any atom is -0.378 e. The van der Waals surface area contributed by atoms with Crippen LogP contribution >= 0.6 is 0 Å². The maximum absolute atomic E-state index is 11.1. The van der Waals surface area contributed by atoms with Crippen molar-refractivity contribution in [2.24, 2.45) is 0 Å². The number of aromatic nitrogens is 2. The van der Waals surface area contributed by atoms with E-state index < -0.39 is 0 Å². The molecule has 0 radical (unpaired) electrons. The highest BCUT2D eigenvalue weighted by molar-refractivity contribution is 5.01. The third kappa shape index (κ3) is 2.20. The van der Waals surface area contributed by atoms with Crippen molar-refractivity contribution in [3.8, 4) is 0 Å². The molecule has 76 valence electrons. The minimum atomic E-state index is -0.0782. The van der Waals surface area contributed by atoms with E-state index in [2.05, 4.69) is 9.97 Å². The molecule has 2 heterocycles. The molecule has 0 aliphatic carbocycles. The predicted molar refractivity (Wildman–Crippen MR) is 52.3 cm³/mol. The van der Waals surface area contributed by atoms with E-state index in [-0.39, 0.29) is 11.7 Å². The number of rotatable bonds is 2. The maximum atomic E-state index is 11.1. The molecular weight excluding hydrogens is 180 g/mol. The van der Waals surface area contributed by atoms with E-state index in [9.17, 15) is 4.79 Å². The summed E-state index contributed by atoms with van der Waals surface area (Å²) in [5.41, 5.74) is 0.687. The molecule has 0 aromatic carbocycles. The number of aromatic amines is 1. The molecule has 4 heteroatoms. The van der Waals surface area contributed by atoms with E-state index >= 15 is 0 Å². The van der Waals surface area contributed by atoms with Gasteiger partial charge in [-0.2, -0.15) is 0 Å². The Morgan fingerprint density at radius 3 is 3.21 bits per heavy atom. The molecule has 1 aromatic heterocycles. The van der Waals surface area contributed by atoms with Gasteiger partial charge in [0.1, 0.15) is 5.82 Å². The lowest BCUT2D eigenvalue weighted by atomic mass is 10.2. The Bertz CT molecular complexity index is 367. The monoisotopic (exact) mass is 194 g/mol. The first kappa shape index (κ1) is 9.40. The van der Waals surface area contributed by atoms with Gasteiger partial charge < -0.3 is 9.72 Å². The van der Waals surface area contributed by atoms with Crippen molar-refractivity contribution in [3.05, 3.63) is 27.9 Å². The number of ether oxygens (including phenoxy) is 1. The van der Waals surface area contributed by atoms with Crippen molar-refractivity contribution >= 4 is 0 Å². The summed E-state index contributed by atoms with van der Waals surface area (Å²) in [6, 6.07) is 1.50. The molecule has 1 saturated heterocycles. The molecule has 1 aliphatic heterocycles. The number of nitrogens with zero attached hydrogens (tertiary/aromatic N) is 1. The Hall–Kier alpha value is -1.16. The summed E-state index contributed by atoms with van der Waals surface area (Å²) in [4.78, 5) is 18.1. The lowest BCUT2D eigenvalue weighted by Crippen LogP contribution is -2.17. The van der Waals surface area contributed by atoms with Crippen LogP contribution in [0.15, 0.2) is 10.9 Å². The number of hydrogen-bond donors (Lipinski definition) is 1. The third-order valence-corrected chi connectivity index (χ3v) is 2.36. The van der Waals surface area contributed by atoms with Gasteiger partial charge >= 0.3 is 0 Å². The van der Waals surface area contributed by atoms with Crippen molar-refractivity contribution < 1.29 is 4.74 Å². The Labute approximate surface area is 82.3 Å². The first-order valence-corrected chi connectivity index (χ1v) is 4.92. The zero-order valence-corrected chi connectivity index (χ0v) is 8.25. The molecule has 4 nitrogen and oxygen atoms in total. The highest BCUT2D eigenvalue weighted by Gasteiger charge is 2.16. The average molecular weight is 194 g/mol. The van der Waals surface area contributed by atoms with Crippen LogP contribution in [0.2, 0.25) is 0 Å². The van der Waals surface area contributed by atoms with Gasteiger partial charge in [-0.15, -0.1) is 0 Å². The largest absolute Gasteiger partial charge is 0.378 e. The summed E-state index contributed by atoms with van der Waals surface area (Å²) in [6.45, 7) is 2.66. The van der Waals surface area contributed by atoms with Crippen molar-refractivity contribution in [2.75, 3.05) is 6.61 Å². The fraction of sp³-hybridized carbons (Fsp3) is 0.600. The fourth-order valence-corrected chi connectivity index (χ4v) is 1.76. The lowest BCUT2D eigenvalue weighted by Gasteiger charge is -2.08. The average Bonchev–Trinajstić information content (AvgIpc) is 2.54. The number of nitrogens with one attached hydrogen (secondary N) is 1. The van der Waals surface area contributed by atoms with Gasteiger partial charge in [0.15, 0.2) is 0 Å². The quantitative estimate of drug-likeness (QED) is 0.757. The second kappa shape index (κ2) is 3.92. The molecule has 2 rings (SSSR count). The molecule has 0 spiro atoms. The van der Waals surface area contributed by atoms with Crippen LogP contribution in [0.1, 0.15) is 24.4 Å². The first-order valence-electron chi connectivity index (χ1n) is 4.92. The molecule has 1 N–H and O–H groups in total. The Balaban J connectivity index is 2.11. The Morgan fingerprint density at radius 2 is 2.57 bits per heavy atom. The molecule has 0 saturated carbocycles. The second-order valence-electron chi connectivity index (χ2n) is 3.67. The molecule has 1 aromatic rings. The third-order valence-electron chi connectivity index (χ3n) is 2.36. The van der Waals surface area contributed by atoms with Gasteiger partial charge in [-0.25, -0.2) is 4.98 Å². The number of aryl methyl sites for hydroxylation is 1. The van der Waals surface area contributed by atoms with E-state index in [1.54, 1.807) is 0 Å². The van der Waals surface area contributed by atoms with E-state index in [1.807, 2.05) is 6.92 Å². The first-order chi connectivity index (χ1) is 6.74. The van der Waals surface area contributed by atoms with Crippen LogP contribution in [0.5, 0.6) is 0 Å². The van der Waals surface area contributed by atoms with Crippen LogP contribution in [0.3, 0.4) is 0 Å². The molecular formula is C10H14N2O2. The molecule has 1 fully saturated rings. The standard InChI is InChI=1S/C10H14N2O2/c1-7-5-10(13)12-9(11-7)6-8-3-2-4-14-8/h5,8H,2-4,6H2,1H3,(H,11,12,13). The zero-order chi connectivity index (χ0) is 9.97. The normalized spacial score (nSPS) is 21.4. The van der Waals surface area contributed by atoms with Crippen LogP contribution in [0, 0.1) is 6.92 Å². The van der Waals surface area contributed by atoms with Gasteiger partial charge in [-0.05, 0) is 19.8 Å². The summed E-state index contributed by atoms with van der Waals surface area (Å²) in [6.07, 6.45) is 3.13. The van der Waals surface area contributed by atoms with E-state index in [0.717, 1.165) is 37.4 Å². The van der Waals surface area contributed by atoms with Crippen LogP contribution in [-0.4, -0.2) is 22.7 Å². The van der Waals surface area contributed by atoms with E-state index in [0.29, 0.717) is 0 Å². The molecule has 1 atom stereocenters. The molecule has 0 amide bonds. The van der Waals surface area contributed by atoms with E-state index in [4.69, 9.17) is 4.74 Å². The molecule has 1 aliphatic rings. The Morgan fingerprint density at radius 1 is 1.71 bits per heavy atom. The van der Waals surface area contributed by atoms with Gasteiger partial charge in [0.25, 0.3) is 5.56 Å². The maximum Gasteiger partial charge on any atom is 0.251 e. The van der Waals surface area contributed by atoms with Crippen molar-refractivity contribution in [1.29, 1.82) is 0 Å².